The molecule has 0 spiro atoms. The van der Waals surface area contributed by atoms with E-state index in [0.717, 1.165) is 57.7 Å². The fraction of sp³-hybridized carbons (Fsp3) is 0.692. The second-order valence-corrected chi connectivity index (χ2v) is 9.74. The van der Waals surface area contributed by atoms with Gasteiger partial charge in [-0.05, 0) is 58.0 Å². The zero-order chi connectivity index (χ0) is 22.9. The highest BCUT2D eigenvalue weighted by molar-refractivity contribution is 5.92. The van der Waals surface area contributed by atoms with E-state index >= 15 is 0 Å². The Morgan fingerprint density at radius 1 is 0.906 bits per heavy atom. The summed E-state index contributed by atoms with van der Waals surface area (Å²) >= 11 is 0. The Hall–Kier alpha value is -1.92. The molecule has 2 amide bonds. The van der Waals surface area contributed by atoms with Crippen molar-refractivity contribution in [2.75, 3.05) is 51.7 Å². The van der Waals surface area contributed by atoms with Crippen molar-refractivity contribution in [3.63, 3.8) is 0 Å². The third-order valence-corrected chi connectivity index (χ3v) is 6.90. The smallest absolute Gasteiger partial charge is 0.236 e. The summed E-state index contributed by atoms with van der Waals surface area (Å²) in [5.41, 5.74) is 2.32. The number of amides is 2. The maximum absolute atomic E-state index is 12.5. The van der Waals surface area contributed by atoms with Gasteiger partial charge >= 0.3 is 0 Å². The number of nitrogens with zero attached hydrogens (tertiary/aromatic N) is 4. The summed E-state index contributed by atoms with van der Waals surface area (Å²) in [5, 5.41) is 0. The highest BCUT2D eigenvalue weighted by atomic mass is 16.2. The number of fused-ring (bicyclic) bond motifs is 1. The number of anilines is 1. The highest BCUT2D eigenvalue weighted by Gasteiger charge is 2.28. The fourth-order valence-electron chi connectivity index (χ4n) is 5.11. The first kappa shape index (κ1) is 24.7. The second-order valence-electron chi connectivity index (χ2n) is 9.74. The molecule has 0 unspecified atom stereocenters. The predicted octanol–water partition coefficient (Wildman–Crippen LogP) is 3.75. The summed E-state index contributed by atoms with van der Waals surface area (Å²) in [6.07, 6.45) is 9.33. The predicted molar refractivity (Wildman–Crippen MR) is 131 cm³/mol. The number of likely N-dealkylation sites (N-methyl/N-ethyl adjacent to an activating group) is 1. The van der Waals surface area contributed by atoms with Crippen LogP contribution >= 0.6 is 0 Å². The Labute approximate surface area is 194 Å². The van der Waals surface area contributed by atoms with Crippen molar-refractivity contribution in [1.82, 2.24) is 14.7 Å². The number of rotatable bonds is 3. The first-order valence-electron chi connectivity index (χ1n) is 12.5. The van der Waals surface area contributed by atoms with Gasteiger partial charge in [-0.3, -0.25) is 14.5 Å². The van der Waals surface area contributed by atoms with Crippen molar-refractivity contribution >= 4 is 17.5 Å². The largest absolute Gasteiger partial charge is 0.341 e. The molecule has 0 radical (unpaired) electrons. The standard InChI is InChI=1S/C26H42N4O2/c1-22(31)30-17-11-7-5-4-6-10-16-29(20-23-12-8-9-13-25(23)30)24-14-18-28(19-15-24)26(32)21-27(2)3/h8-9,12-13,24H,4-7,10-11,14-21H2,1-3H3. The van der Waals surface area contributed by atoms with Crippen LogP contribution in [0.25, 0.3) is 0 Å². The van der Waals surface area contributed by atoms with Crippen LogP contribution in [0.4, 0.5) is 5.69 Å². The van der Waals surface area contributed by atoms with Gasteiger partial charge in [0.15, 0.2) is 0 Å². The minimum absolute atomic E-state index is 0.131. The van der Waals surface area contributed by atoms with Crippen LogP contribution < -0.4 is 4.90 Å². The highest BCUT2D eigenvalue weighted by Crippen LogP contribution is 2.27. The third kappa shape index (κ3) is 7.04. The van der Waals surface area contributed by atoms with Crippen LogP contribution in [0.5, 0.6) is 0 Å². The summed E-state index contributed by atoms with van der Waals surface area (Å²) in [4.78, 5) is 33.5. The van der Waals surface area contributed by atoms with Gasteiger partial charge in [-0.2, -0.15) is 0 Å². The van der Waals surface area contributed by atoms with E-state index in [1.165, 1.54) is 37.7 Å². The average Bonchev–Trinajstić information content (AvgIpc) is 2.78. The zero-order valence-electron chi connectivity index (χ0n) is 20.4. The first-order valence-corrected chi connectivity index (χ1v) is 12.5. The average molecular weight is 443 g/mol. The van der Waals surface area contributed by atoms with Gasteiger partial charge in [0.1, 0.15) is 0 Å². The molecule has 2 aliphatic heterocycles. The Morgan fingerprint density at radius 2 is 1.53 bits per heavy atom. The molecule has 0 bridgehead atoms. The molecule has 1 saturated heterocycles. The van der Waals surface area contributed by atoms with E-state index < -0.39 is 0 Å². The van der Waals surface area contributed by atoms with Crippen molar-refractivity contribution in [2.45, 2.75) is 70.9 Å². The Kier molecular flexibility index (Phi) is 9.54. The Balaban J connectivity index is 1.74. The summed E-state index contributed by atoms with van der Waals surface area (Å²) in [5.74, 6) is 0.368. The molecule has 1 fully saturated rings. The van der Waals surface area contributed by atoms with Crippen LogP contribution in [0.1, 0.15) is 63.9 Å². The summed E-state index contributed by atoms with van der Waals surface area (Å²) in [6.45, 7) is 6.62. The van der Waals surface area contributed by atoms with Gasteiger partial charge in [-0.1, -0.05) is 43.9 Å². The molecule has 2 heterocycles. The molecule has 6 nitrogen and oxygen atoms in total. The molecule has 0 saturated carbocycles. The molecule has 1 aromatic rings. The maximum atomic E-state index is 12.5. The first-order chi connectivity index (χ1) is 15.5. The third-order valence-electron chi connectivity index (χ3n) is 6.90. The quantitative estimate of drug-likeness (QED) is 0.715. The van der Waals surface area contributed by atoms with Gasteiger partial charge in [0.2, 0.25) is 11.8 Å². The van der Waals surface area contributed by atoms with Crippen molar-refractivity contribution in [3.8, 4) is 0 Å². The molecule has 178 valence electrons. The van der Waals surface area contributed by atoms with Crippen LogP contribution in [0.15, 0.2) is 24.3 Å². The SMILES string of the molecule is CC(=O)N1CCCCCCCCN(C2CCN(C(=O)CN(C)C)CC2)Cc2ccccc21. The van der Waals surface area contributed by atoms with E-state index in [4.69, 9.17) is 0 Å². The fourth-order valence-corrected chi connectivity index (χ4v) is 5.11. The van der Waals surface area contributed by atoms with E-state index in [9.17, 15) is 9.59 Å². The van der Waals surface area contributed by atoms with Crippen LogP contribution in [-0.2, 0) is 16.1 Å². The van der Waals surface area contributed by atoms with Crippen LogP contribution in [0.3, 0.4) is 0 Å². The van der Waals surface area contributed by atoms with Gasteiger partial charge in [0.25, 0.3) is 0 Å². The lowest BCUT2D eigenvalue weighted by Gasteiger charge is -2.39. The molecular weight excluding hydrogens is 400 g/mol. The van der Waals surface area contributed by atoms with Gasteiger partial charge in [0.05, 0.1) is 6.54 Å². The summed E-state index contributed by atoms with van der Waals surface area (Å²) in [7, 11) is 3.90. The van der Waals surface area contributed by atoms with Crippen molar-refractivity contribution in [1.29, 1.82) is 0 Å². The van der Waals surface area contributed by atoms with Crippen LogP contribution in [0.2, 0.25) is 0 Å². The molecule has 6 heteroatoms. The topological polar surface area (TPSA) is 47.1 Å². The lowest BCUT2D eigenvalue weighted by Crippen LogP contribution is -2.48. The minimum atomic E-state index is 0.131. The van der Waals surface area contributed by atoms with E-state index in [1.54, 1.807) is 6.92 Å². The van der Waals surface area contributed by atoms with Crippen molar-refractivity contribution < 1.29 is 9.59 Å². The molecular formula is C26H42N4O2. The molecule has 1 aromatic carbocycles. The molecule has 0 N–H and O–H groups in total. The number of hydrogen-bond donors (Lipinski definition) is 0. The number of hydrogen-bond acceptors (Lipinski definition) is 4. The van der Waals surface area contributed by atoms with E-state index in [1.807, 2.05) is 34.9 Å². The summed E-state index contributed by atoms with van der Waals surface area (Å²) < 4.78 is 0. The Bertz CT molecular complexity index is 743. The van der Waals surface area contributed by atoms with Gasteiger partial charge in [0, 0.05) is 44.8 Å². The molecule has 3 rings (SSSR count). The van der Waals surface area contributed by atoms with E-state index in [2.05, 4.69) is 23.1 Å². The van der Waals surface area contributed by atoms with Gasteiger partial charge in [-0.15, -0.1) is 0 Å². The molecule has 2 aliphatic rings. The molecule has 0 aliphatic carbocycles. The monoisotopic (exact) mass is 442 g/mol. The molecule has 0 atom stereocenters. The number of carbonyl (C=O) groups is 2. The maximum Gasteiger partial charge on any atom is 0.236 e. The lowest BCUT2D eigenvalue weighted by atomic mass is 10.0. The van der Waals surface area contributed by atoms with Crippen molar-refractivity contribution in [2.24, 2.45) is 0 Å². The lowest BCUT2D eigenvalue weighted by molar-refractivity contribution is -0.133. The number of benzene rings is 1. The number of carbonyl (C=O) groups excluding carboxylic acids is 2. The number of likely N-dealkylation sites (tertiary alicyclic amines) is 1. The van der Waals surface area contributed by atoms with E-state index in [-0.39, 0.29) is 11.8 Å². The van der Waals surface area contributed by atoms with Crippen molar-refractivity contribution in [3.05, 3.63) is 29.8 Å². The van der Waals surface area contributed by atoms with Gasteiger partial charge in [-0.25, -0.2) is 0 Å². The number of para-hydroxylation sites is 1. The molecule has 0 aromatic heterocycles. The summed E-state index contributed by atoms with van der Waals surface area (Å²) in [6, 6.07) is 8.93. The molecule has 32 heavy (non-hydrogen) atoms. The normalized spacial score (nSPS) is 20.2. The minimum Gasteiger partial charge on any atom is -0.341 e. The van der Waals surface area contributed by atoms with Gasteiger partial charge < -0.3 is 14.7 Å². The van der Waals surface area contributed by atoms with Crippen LogP contribution in [-0.4, -0.2) is 79.4 Å². The van der Waals surface area contributed by atoms with E-state index in [0.29, 0.717) is 12.6 Å². The Morgan fingerprint density at radius 3 is 2.19 bits per heavy atom. The number of piperidine rings is 1. The van der Waals surface area contributed by atoms with Crippen LogP contribution in [0, 0.1) is 0 Å². The second kappa shape index (κ2) is 12.4. The zero-order valence-corrected chi connectivity index (χ0v) is 20.4.